The number of amides is 2. The Morgan fingerprint density at radius 1 is 1.47 bits per heavy atom. The minimum Gasteiger partial charge on any atom is -0.465 e. The molecule has 1 aliphatic heterocycles. The Labute approximate surface area is 114 Å². The van der Waals surface area contributed by atoms with Crippen molar-refractivity contribution < 1.29 is 19.1 Å². The molecule has 1 heterocycles. The summed E-state index contributed by atoms with van der Waals surface area (Å²) >= 11 is 5.61. The fourth-order valence-electron chi connectivity index (χ4n) is 1.97. The van der Waals surface area contributed by atoms with E-state index in [0.717, 1.165) is 6.07 Å². The summed E-state index contributed by atoms with van der Waals surface area (Å²) in [5.41, 5.74) is 0.394. The predicted octanol–water partition coefficient (Wildman–Crippen LogP) is 2.42. The Bertz CT molecular complexity index is 524. The number of carbonyl (C=O) groups is 2. The second-order valence-corrected chi connectivity index (χ2v) is 4.74. The van der Waals surface area contributed by atoms with E-state index >= 15 is 0 Å². The number of nitrogens with zero attached hydrogens (tertiary/aromatic N) is 1. The fraction of sp³-hybridized carbons (Fsp3) is 0.333. The van der Waals surface area contributed by atoms with Gasteiger partial charge in [-0.25, -0.2) is 9.18 Å². The summed E-state index contributed by atoms with van der Waals surface area (Å²) in [6.45, 7) is 0.522. The molecule has 0 spiro atoms. The van der Waals surface area contributed by atoms with Crippen molar-refractivity contribution in [2.75, 3.05) is 18.4 Å². The zero-order valence-electron chi connectivity index (χ0n) is 9.90. The number of benzene rings is 1. The molecule has 1 saturated heterocycles. The second-order valence-electron chi connectivity index (χ2n) is 4.33. The summed E-state index contributed by atoms with van der Waals surface area (Å²) in [6, 6.07) is 3.89. The predicted molar refractivity (Wildman–Crippen MR) is 67.7 cm³/mol. The van der Waals surface area contributed by atoms with Gasteiger partial charge in [-0.15, -0.1) is 0 Å². The Kier molecular flexibility index (Phi) is 3.90. The molecule has 0 aliphatic carbocycles. The summed E-state index contributed by atoms with van der Waals surface area (Å²) in [5.74, 6) is -1.23. The van der Waals surface area contributed by atoms with E-state index in [1.165, 1.54) is 17.0 Å². The van der Waals surface area contributed by atoms with E-state index in [1.54, 1.807) is 0 Å². The van der Waals surface area contributed by atoms with Crippen molar-refractivity contribution in [2.45, 2.75) is 6.42 Å². The largest absolute Gasteiger partial charge is 0.465 e. The van der Waals surface area contributed by atoms with E-state index in [9.17, 15) is 14.0 Å². The molecule has 2 N–H and O–H groups in total. The first kappa shape index (κ1) is 13.6. The molecule has 0 bridgehead atoms. The highest BCUT2D eigenvalue weighted by Crippen LogP contribution is 2.22. The molecule has 7 heteroatoms. The van der Waals surface area contributed by atoms with Gasteiger partial charge in [-0.1, -0.05) is 11.6 Å². The summed E-state index contributed by atoms with van der Waals surface area (Å²) < 4.78 is 13.0. The average Bonchev–Trinajstić information content (AvgIpc) is 2.83. The van der Waals surface area contributed by atoms with Crippen LogP contribution in [0.25, 0.3) is 0 Å². The summed E-state index contributed by atoms with van der Waals surface area (Å²) in [7, 11) is 0. The van der Waals surface area contributed by atoms with Gasteiger partial charge in [0.25, 0.3) is 0 Å². The number of rotatable bonds is 2. The molecule has 2 amide bonds. The summed E-state index contributed by atoms with van der Waals surface area (Å²) in [4.78, 5) is 23.9. The molecular weight excluding hydrogens is 275 g/mol. The third-order valence-electron chi connectivity index (χ3n) is 3.02. The van der Waals surface area contributed by atoms with Gasteiger partial charge in [-0.3, -0.25) is 4.79 Å². The molecule has 2 rings (SSSR count). The van der Waals surface area contributed by atoms with Gasteiger partial charge >= 0.3 is 6.09 Å². The molecule has 0 radical (unpaired) electrons. The Morgan fingerprint density at radius 3 is 2.79 bits per heavy atom. The molecule has 0 saturated carbocycles. The van der Waals surface area contributed by atoms with Crippen LogP contribution in [-0.4, -0.2) is 35.1 Å². The smallest absolute Gasteiger partial charge is 0.407 e. The molecule has 5 nitrogen and oxygen atoms in total. The van der Waals surface area contributed by atoms with Crippen LogP contribution in [-0.2, 0) is 4.79 Å². The van der Waals surface area contributed by atoms with E-state index in [0.29, 0.717) is 18.7 Å². The van der Waals surface area contributed by atoms with Gasteiger partial charge in [0.2, 0.25) is 5.91 Å². The third kappa shape index (κ3) is 3.14. The van der Waals surface area contributed by atoms with Crippen molar-refractivity contribution in [3.8, 4) is 0 Å². The number of halogens is 2. The Balaban J connectivity index is 1.98. The van der Waals surface area contributed by atoms with E-state index in [-0.39, 0.29) is 23.4 Å². The van der Waals surface area contributed by atoms with Crippen molar-refractivity contribution in [2.24, 2.45) is 5.92 Å². The van der Waals surface area contributed by atoms with Crippen LogP contribution in [0.5, 0.6) is 0 Å². The first-order valence-electron chi connectivity index (χ1n) is 5.71. The number of nitrogens with one attached hydrogen (secondary N) is 1. The lowest BCUT2D eigenvalue weighted by Gasteiger charge is -2.12. The number of carbonyl (C=O) groups excluding carboxylic acids is 1. The van der Waals surface area contributed by atoms with E-state index in [1.807, 2.05) is 0 Å². The summed E-state index contributed by atoms with van der Waals surface area (Å²) in [5, 5.41) is 11.3. The van der Waals surface area contributed by atoms with Crippen molar-refractivity contribution in [1.29, 1.82) is 0 Å². The van der Waals surface area contributed by atoms with E-state index in [2.05, 4.69) is 5.32 Å². The first-order valence-corrected chi connectivity index (χ1v) is 6.09. The van der Waals surface area contributed by atoms with Gasteiger partial charge in [-0.05, 0) is 24.6 Å². The first-order chi connectivity index (χ1) is 8.97. The maximum Gasteiger partial charge on any atom is 0.407 e. The summed E-state index contributed by atoms with van der Waals surface area (Å²) in [6.07, 6.45) is -0.548. The fourth-order valence-corrected chi connectivity index (χ4v) is 2.15. The lowest BCUT2D eigenvalue weighted by Crippen LogP contribution is -2.30. The molecule has 19 heavy (non-hydrogen) atoms. The standard InChI is InChI=1S/C12H12ClFN2O3/c13-9-5-8(1-2-10(9)14)15-11(17)7-3-4-16(6-7)12(18)19/h1-2,5,7H,3-4,6H2,(H,15,17)(H,18,19)/t7-/m0/s1. The maximum atomic E-state index is 13.0. The van der Waals surface area contributed by atoms with Crippen LogP contribution >= 0.6 is 11.6 Å². The average molecular weight is 287 g/mol. The van der Waals surface area contributed by atoms with Crippen LogP contribution in [0.15, 0.2) is 18.2 Å². The molecule has 0 unspecified atom stereocenters. The normalized spacial score (nSPS) is 18.4. The maximum absolute atomic E-state index is 13.0. The zero-order chi connectivity index (χ0) is 14.0. The number of carboxylic acid groups (broad SMARTS) is 1. The molecule has 1 aromatic carbocycles. The van der Waals surface area contributed by atoms with Crippen LogP contribution in [0.3, 0.4) is 0 Å². The van der Waals surface area contributed by atoms with Crippen molar-refractivity contribution in [3.05, 3.63) is 29.0 Å². The Hall–Kier alpha value is -1.82. The van der Waals surface area contributed by atoms with Crippen molar-refractivity contribution in [3.63, 3.8) is 0 Å². The molecule has 1 atom stereocenters. The SMILES string of the molecule is O=C(Nc1ccc(F)c(Cl)c1)[C@H]1CCN(C(=O)O)C1. The lowest BCUT2D eigenvalue weighted by molar-refractivity contribution is -0.119. The van der Waals surface area contributed by atoms with Crippen molar-refractivity contribution in [1.82, 2.24) is 4.90 Å². The highest BCUT2D eigenvalue weighted by Gasteiger charge is 2.30. The molecular formula is C12H12ClFN2O3. The number of anilines is 1. The molecule has 102 valence electrons. The third-order valence-corrected chi connectivity index (χ3v) is 3.31. The van der Waals surface area contributed by atoms with Crippen LogP contribution in [0.4, 0.5) is 14.9 Å². The van der Waals surface area contributed by atoms with Crippen LogP contribution in [0, 0.1) is 11.7 Å². The van der Waals surface area contributed by atoms with Gasteiger partial charge in [-0.2, -0.15) is 0 Å². The molecule has 0 aromatic heterocycles. The van der Waals surface area contributed by atoms with Gasteiger partial charge < -0.3 is 15.3 Å². The highest BCUT2D eigenvalue weighted by molar-refractivity contribution is 6.31. The van der Waals surface area contributed by atoms with Gasteiger partial charge in [0.15, 0.2) is 0 Å². The lowest BCUT2D eigenvalue weighted by atomic mass is 10.1. The molecule has 1 aromatic rings. The minimum atomic E-state index is -1.03. The molecule has 1 aliphatic rings. The van der Waals surface area contributed by atoms with E-state index < -0.39 is 11.9 Å². The van der Waals surface area contributed by atoms with Gasteiger partial charge in [0.1, 0.15) is 5.82 Å². The van der Waals surface area contributed by atoms with Crippen LogP contribution < -0.4 is 5.32 Å². The van der Waals surface area contributed by atoms with Crippen molar-refractivity contribution >= 4 is 29.3 Å². The molecule has 1 fully saturated rings. The minimum absolute atomic E-state index is 0.0728. The second kappa shape index (κ2) is 5.44. The van der Waals surface area contributed by atoms with Crippen LogP contribution in [0.2, 0.25) is 5.02 Å². The Morgan fingerprint density at radius 2 is 2.21 bits per heavy atom. The highest BCUT2D eigenvalue weighted by atomic mass is 35.5. The topological polar surface area (TPSA) is 69.6 Å². The van der Waals surface area contributed by atoms with Gasteiger partial charge in [0, 0.05) is 18.8 Å². The quantitative estimate of drug-likeness (QED) is 0.877. The van der Waals surface area contributed by atoms with Crippen LogP contribution in [0.1, 0.15) is 6.42 Å². The number of hydrogen-bond donors (Lipinski definition) is 2. The number of hydrogen-bond acceptors (Lipinski definition) is 2. The number of likely N-dealkylation sites (tertiary alicyclic amines) is 1. The monoisotopic (exact) mass is 286 g/mol. The zero-order valence-corrected chi connectivity index (χ0v) is 10.7. The van der Waals surface area contributed by atoms with E-state index in [4.69, 9.17) is 16.7 Å². The van der Waals surface area contributed by atoms with Gasteiger partial charge in [0.05, 0.1) is 10.9 Å².